The third-order valence-corrected chi connectivity index (χ3v) is 16.8. The number of unbranched alkanes of at least 4 members (excludes halogenated alkanes) is 26. The molecule has 0 aliphatic rings. The SMILES string of the molecule is CCC(C)CCCCCCCCC(=O)OC[C@H](COP(=O)(O)OCC(O)COP(=O)(O)OC[C@@H](COC(=O)CCCCCCCCCC(C)C)OC(=O)CCCCCCCCC(C)C)OC(=O)CCCCCCCCCCCCCC(C)C. The lowest BCUT2D eigenvalue weighted by molar-refractivity contribution is -0.161. The molecule has 0 aliphatic carbocycles. The van der Waals surface area contributed by atoms with E-state index in [1.54, 1.807) is 0 Å². The molecule has 83 heavy (non-hydrogen) atoms. The van der Waals surface area contributed by atoms with Crippen LogP contribution in [0.5, 0.6) is 0 Å². The molecule has 0 aromatic rings. The average molecular weight is 1230 g/mol. The van der Waals surface area contributed by atoms with E-state index < -0.39 is 97.5 Å². The molecule has 0 fully saturated rings. The molecule has 0 aromatic heterocycles. The second-order valence-electron chi connectivity index (χ2n) is 24.8. The fourth-order valence-electron chi connectivity index (χ4n) is 9.40. The maximum atomic E-state index is 13.0. The molecule has 6 atom stereocenters. The maximum Gasteiger partial charge on any atom is 0.472 e. The van der Waals surface area contributed by atoms with Gasteiger partial charge < -0.3 is 33.8 Å². The summed E-state index contributed by atoms with van der Waals surface area (Å²) in [5, 5.41) is 10.5. The third-order valence-electron chi connectivity index (χ3n) is 14.9. The first-order valence-electron chi connectivity index (χ1n) is 33.2. The standard InChI is InChI=1S/C64H124O17P2/c1-9-57(8)43-35-27-21-23-29-37-45-62(67)75-51-59(80-63(68)46-38-30-18-14-12-10-11-13-16-24-32-40-54(2)3)52-78-82(70,71)76-48-58(65)49-77-83(72,73)79-53-60(81-64(69)47-39-31-22-20-26-34-42-56(6)7)50-74-61(66)44-36-28-19-15-17-25-33-41-55(4)5/h54-60,65H,9-53H2,1-8H3,(H,70,71)(H,72,73)/t57?,58?,59-,60-/m1/s1. The van der Waals surface area contributed by atoms with E-state index in [2.05, 4.69) is 55.4 Å². The van der Waals surface area contributed by atoms with Crippen molar-refractivity contribution in [1.82, 2.24) is 0 Å². The Bertz CT molecular complexity index is 1660. The van der Waals surface area contributed by atoms with E-state index in [1.165, 1.54) is 96.3 Å². The topological polar surface area (TPSA) is 237 Å². The number of rotatable bonds is 61. The highest BCUT2D eigenvalue weighted by Crippen LogP contribution is 2.45. The van der Waals surface area contributed by atoms with Crippen LogP contribution in [0.3, 0.4) is 0 Å². The van der Waals surface area contributed by atoms with E-state index >= 15 is 0 Å². The van der Waals surface area contributed by atoms with Gasteiger partial charge >= 0.3 is 39.5 Å². The first kappa shape index (κ1) is 81.1. The highest BCUT2D eigenvalue weighted by Gasteiger charge is 2.30. The van der Waals surface area contributed by atoms with Gasteiger partial charge in [0.05, 0.1) is 26.4 Å². The summed E-state index contributed by atoms with van der Waals surface area (Å²) < 4.78 is 67.9. The quantitative estimate of drug-likeness (QED) is 0.0222. The summed E-state index contributed by atoms with van der Waals surface area (Å²) in [6, 6.07) is 0. The summed E-state index contributed by atoms with van der Waals surface area (Å²) >= 11 is 0. The van der Waals surface area contributed by atoms with Crippen LogP contribution < -0.4 is 0 Å². The van der Waals surface area contributed by atoms with Gasteiger partial charge in [0.25, 0.3) is 0 Å². The van der Waals surface area contributed by atoms with Crippen LogP contribution in [0.2, 0.25) is 0 Å². The molecule has 0 radical (unpaired) electrons. The number of esters is 4. The first-order chi connectivity index (χ1) is 39.6. The van der Waals surface area contributed by atoms with Gasteiger partial charge in [0, 0.05) is 25.7 Å². The van der Waals surface area contributed by atoms with Crippen molar-refractivity contribution in [2.45, 2.75) is 324 Å². The minimum atomic E-state index is -4.95. The first-order valence-corrected chi connectivity index (χ1v) is 36.2. The Morgan fingerprint density at radius 2 is 0.578 bits per heavy atom. The Labute approximate surface area is 505 Å². The molecule has 0 saturated heterocycles. The Hall–Kier alpha value is -1.94. The lowest BCUT2D eigenvalue weighted by Gasteiger charge is -2.21. The summed E-state index contributed by atoms with van der Waals surface area (Å²) in [6.07, 6.45) is 33.7. The number of hydrogen-bond acceptors (Lipinski definition) is 15. The molecule has 0 aromatic carbocycles. The molecular formula is C64H124O17P2. The van der Waals surface area contributed by atoms with Gasteiger partial charge in [-0.3, -0.25) is 37.3 Å². The molecule has 4 unspecified atom stereocenters. The van der Waals surface area contributed by atoms with Crippen LogP contribution in [0.4, 0.5) is 0 Å². The Morgan fingerprint density at radius 3 is 0.855 bits per heavy atom. The number of aliphatic hydroxyl groups excluding tert-OH is 1. The minimum absolute atomic E-state index is 0.101. The van der Waals surface area contributed by atoms with E-state index in [0.717, 1.165) is 115 Å². The summed E-state index contributed by atoms with van der Waals surface area (Å²) in [5.74, 6) is 0.727. The number of ether oxygens (including phenoxy) is 4. The zero-order chi connectivity index (χ0) is 61.8. The maximum absolute atomic E-state index is 13.0. The van der Waals surface area contributed by atoms with Gasteiger partial charge in [0.2, 0.25) is 0 Å². The predicted molar refractivity (Wildman–Crippen MR) is 331 cm³/mol. The summed E-state index contributed by atoms with van der Waals surface area (Å²) in [6.45, 7) is 13.9. The monoisotopic (exact) mass is 1230 g/mol. The molecule has 0 rings (SSSR count). The highest BCUT2D eigenvalue weighted by atomic mass is 31.2. The van der Waals surface area contributed by atoms with Crippen LogP contribution >= 0.6 is 15.6 Å². The van der Waals surface area contributed by atoms with Crippen molar-refractivity contribution in [1.29, 1.82) is 0 Å². The second kappa shape index (κ2) is 54.2. The zero-order valence-electron chi connectivity index (χ0n) is 53.8. The summed E-state index contributed by atoms with van der Waals surface area (Å²) in [5.41, 5.74) is 0. The largest absolute Gasteiger partial charge is 0.472 e. The van der Waals surface area contributed by atoms with Crippen LogP contribution in [0.25, 0.3) is 0 Å². The molecule has 0 amide bonds. The average Bonchev–Trinajstić information content (AvgIpc) is 3.47. The van der Waals surface area contributed by atoms with Crippen LogP contribution in [0, 0.1) is 23.7 Å². The molecule has 19 heteroatoms. The minimum Gasteiger partial charge on any atom is -0.462 e. The summed E-state index contributed by atoms with van der Waals surface area (Å²) in [7, 11) is -9.89. The van der Waals surface area contributed by atoms with Gasteiger partial charge in [-0.05, 0) is 49.4 Å². The molecule has 0 spiro atoms. The number of aliphatic hydroxyl groups is 1. The van der Waals surface area contributed by atoms with E-state index in [-0.39, 0.29) is 25.7 Å². The van der Waals surface area contributed by atoms with Gasteiger partial charge in [-0.1, -0.05) is 254 Å². The molecule has 0 aliphatic heterocycles. The van der Waals surface area contributed by atoms with E-state index in [1.807, 2.05) is 0 Å². The molecule has 3 N–H and O–H groups in total. The molecule has 0 saturated carbocycles. The van der Waals surface area contributed by atoms with E-state index in [0.29, 0.717) is 37.5 Å². The van der Waals surface area contributed by atoms with E-state index in [9.17, 15) is 43.2 Å². The third kappa shape index (κ3) is 57.6. The van der Waals surface area contributed by atoms with Crippen LogP contribution in [0.15, 0.2) is 0 Å². The number of carbonyl (C=O) groups excluding carboxylic acids is 4. The zero-order valence-corrected chi connectivity index (χ0v) is 55.6. The van der Waals surface area contributed by atoms with Gasteiger partial charge in [0.1, 0.15) is 19.3 Å². The van der Waals surface area contributed by atoms with Crippen molar-refractivity contribution < 1.29 is 80.2 Å². The molecule has 17 nitrogen and oxygen atoms in total. The van der Waals surface area contributed by atoms with Crippen molar-refractivity contribution in [3.05, 3.63) is 0 Å². The van der Waals surface area contributed by atoms with Gasteiger partial charge in [0.15, 0.2) is 12.2 Å². The fraction of sp³-hybridized carbons (Fsp3) is 0.938. The van der Waals surface area contributed by atoms with Crippen LogP contribution in [-0.2, 0) is 65.4 Å². The Balaban J connectivity index is 5.24. The van der Waals surface area contributed by atoms with Gasteiger partial charge in [-0.25, -0.2) is 9.13 Å². The molecular weight excluding hydrogens is 1100 g/mol. The van der Waals surface area contributed by atoms with Crippen molar-refractivity contribution in [3.63, 3.8) is 0 Å². The molecule has 492 valence electrons. The fourth-order valence-corrected chi connectivity index (χ4v) is 11.0. The van der Waals surface area contributed by atoms with Crippen molar-refractivity contribution in [2.24, 2.45) is 23.7 Å². The Kier molecular flexibility index (Phi) is 53.0. The van der Waals surface area contributed by atoms with Gasteiger partial charge in [-0.15, -0.1) is 0 Å². The number of phosphoric acid groups is 2. The number of hydrogen-bond donors (Lipinski definition) is 3. The lowest BCUT2D eigenvalue weighted by Crippen LogP contribution is -2.30. The van der Waals surface area contributed by atoms with E-state index in [4.69, 9.17) is 37.0 Å². The Morgan fingerprint density at radius 1 is 0.337 bits per heavy atom. The number of phosphoric ester groups is 2. The molecule has 0 bridgehead atoms. The highest BCUT2D eigenvalue weighted by molar-refractivity contribution is 7.47. The lowest BCUT2D eigenvalue weighted by atomic mass is 10.00. The smallest absolute Gasteiger partial charge is 0.462 e. The molecule has 0 heterocycles. The van der Waals surface area contributed by atoms with Crippen molar-refractivity contribution >= 4 is 39.5 Å². The van der Waals surface area contributed by atoms with Gasteiger partial charge in [-0.2, -0.15) is 0 Å². The van der Waals surface area contributed by atoms with Crippen LogP contribution in [0.1, 0.15) is 306 Å². The number of carbonyl (C=O) groups is 4. The van der Waals surface area contributed by atoms with Crippen molar-refractivity contribution in [2.75, 3.05) is 39.6 Å². The normalized spacial score (nSPS) is 14.8. The predicted octanol–water partition coefficient (Wildman–Crippen LogP) is 17.4. The second-order valence-corrected chi connectivity index (χ2v) is 27.7. The van der Waals surface area contributed by atoms with Crippen LogP contribution in [-0.4, -0.2) is 96.7 Å². The summed E-state index contributed by atoms with van der Waals surface area (Å²) in [4.78, 5) is 72.2. The van der Waals surface area contributed by atoms with Crippen molar-refractivity contribution in [3.8, 4) is 0 Å².